The Balaban J connectivity index is 1.37. The van der Waals surface area contributed by atoms with Gasteiger partial charge in [0.05, 0.1) is 41.6 Å². The summed E-state index contributed by atoms with van der Waals surface area (Å²) < 4.78 is 10.1. The average molecular weight is 411 g/mol. The van der Waals surface area contributed by atoms with Crippen LogP contribution in [0.4, 0.5) is 0 Å². The van der Waals surface area contributed by atoms with E-state index in [0.717, 1.165) is 16.1 Å². The van der Waals surface area contributed by atoms with Crippen molar-refractivity contribution in [3.63, 3.8) is 0 Å². The number of fused-ring (bicyclic) bond motifs is 1. The zero-order chi connectivity index (χ0) is 20.2. The van der Waals surface area contributed by atoms with E-state index in [0.29, 0.717) is 19.6 Å². The molecule has 2 aromatic rings. The Hall–Kier alpha value is -2.65. The van der Waals surface area contributed by atoms with Gasteiger partial charge in [-0.2, -0.15) is 0 Å². The smallest absolute Gasteiger partial charge is 0.230 e. The van der Waals surface area contributed by atoms with Gasteiger partial charge in [0.2, 0.25) is 11.8 Å². The summed E-state index contributed by atoms with van der Waals surface area (Å²) in [6.45, 7) is 3.24. The van der Waals surface area contributed by atoms with Crippen LogP contribution in [0, 0.1) is 18.8 Å². The molecule has 3 aliphatic heterocycles. The van der Waals surface area contributed by atoms with Gasteiger partial charge in [-0.05, 0) is 30.1 Å². The highest BCUT2D eigenvalue weighted by atomic mass is 32.1. The summed E-state index contributed by atoms with van der Waals surface area (Å²) in [7, 11) is 1.76. The first-order valence-electron chi connectivity index (χ1n) is 9.56. The first-order valence-corrected chi connectivity index (χ1v) is 10.3. The van der Waals surface area contributed by atoms with Gasteiger partial charge < -0.3 is 14.5 Å². The lowest BCUT2D eigenvalue weighted by atomic mass is 9.76. The summed E-state index contributed by atoms with van der Waals surface area (Å²) in [4.78, 5) is 35.1. The number of ether oxygens (including phenoxy) is 1. The van der Waals surface area contributed by atoms with E-state index in [2.05, 4.69) is 14.6 Å². The van der Waals surface area contributed by atoms with E-state index in [-0.39, 0.29) is 17.9 Å². The molecule has 1 spiro atoms. The van der Waals surface area contributed by atoms with Gasteiger partial charge in [-0.3, -0.25) is 14.6 Å². The van der Waals surface area contributed by atoms with Gasteiger partial charge >= 0.3 is 0 Å². The summed E-state index contributed by atoms with van der Waals surface area (Å²) >= 11 is 1.29. The minimum absolute atomic E-state index is 0.0249. The number of aromatic nitrogens is 3. The maximum atomic E-state index is 13.3. The second-order valence-corrected chi connectivity index (χ2v) is 8.77. The minimum atomic E-state index is -0.701. The lowest BCUT2D eigenvalue weighted by molar-refractivity contribution is -0.142. The molecule has 9 heteroatoms. The van der Waals surface area contributed by atoms with Gasteiger partial charge in [-0.15, -0.1) is 5.10 Å². The molecule has 2 saturated heterocycles. The van der Waals surface area contributed by atoms with Crippen molar-refractivity contribution in [2.45, 2.75) is 31.7 Å². The Labute approximate surface area is 172 Å². The quantitative estimate of drug-likeness (QED) is 0.687. The van der Waals surface area contributed by atoms with Gasteiger partial charge in [-0.1, -0.05) is 22.7 Å². The number of hydrogen-bond acceptors (Lipinski definition) is 7. The van der Waals surface area contributed by atoms with Crippen molar-refractivity contribution in [3.05, 3.63) is 52.8 Å². The maximum absolute atomic E-state index is 13.3. The monoisotopic (exact) mass is 411 g/mol. The van der Waals surface area contributed by atoms with Crippen LogP contribution in [0.2, 0.25) is 0 Å². The second-order valence-electron chi connectivity index (χ2n) is 7.93. The Morgan fingerprint density at radius 3 is 3.07 bits per heavy atom. The van der Waals surface area contributed by atoms with Crippen molar-refractivity contribution >= 4 is 23.3 Å². The summed E-state index contributed by atoms with van der Waals surface area (Å²) in [6.07, 6.45) is 7.04. The van der Waals surface area contributed by atoms with Crippen LogP contribution in [0.3, 0.4) is 0 Å². The third-order valence-electron chi connectivity index (χ3n) is 6.06. The third-order valence-corrected chi connectivity index (χ3v) is 6.87. The highest BCUT2D eigenvalue weighted by Crippen LogP contribution is 2.52. The van der Waals surface area contributed by atoms with Gasteiger partial charge in [0.25, 0.3) is 0 Å². The first-order chi connectivity index (χ1) is 14.0. The zero-order valence-electron chi connectivity index (χ0n) is 16.2. The van der Waals surface area contributed by atoms with E-state index in [1.807, 2.05) is 31.2 Å². The molecule has 2 fully saturated rings. The van der Waals surface area contributed by atoms with Gasteiger partial charge in [0, 0.05) is 26.0 Å². The fourth-order valence-electron chi connectivity index (χ4n) is 4.65. The molecule has 4 atom stereocenters. The second kappa shape index (κ2) is 6.70. The predicted molar refractivity (Wildman–Crippen MR) is 104 cm³/mol. The van der Waals surface area contributed by atoms with Gasteiger partial charge in [0.1, 0.15) is 5.60 Å². The number of hydrogen-bond donors (Lipinski definition) is 0. The van der Waals surface area contributed by atoms with E-state index >= 15 is 0 Å². The minimum Gasteiger partial charge on any atom is -0.360 e. The van der Waals surface area contributed by atoms with Crippen LogP contribution in [0.15, 0.2) is 36.7 Å². The molecule has 5 rings (SSSR count). The molecule has 0 unspecified atom stereocenters. The summed E-state index contributed by atoms with van der Waals surface area (Å²) in [5.41, 5.74) is 1.09. The van der Waals surface area contributed by atoms with Crippen LogP contribution in [-0.4, -0.2) is 61.5 Å². The number of amides is 2. The zero-order valence-corrected chi connectivity index (χ0v) is 17.0. The van der Waals surface area contributed by atoms with Crippen molar-refractivity contribution in [3.8, 4) is 0 Å². The number of carbonyl (C=O) groups excluding carboxylic acids is 2. The lowest BCUT2D eigenvalue weighted by Crippen LogP contribution is -2.44. The SMILES string of the molecule is Cc1nnsc1CN(C)C(=O)[C@@H]1[C@@H]2C=C[C@@]3(CN(Cc4cccnc4)C(=O)[C@@H]13)O2. The summed E-state index contributed by atoms with van der Waals surface area (Å²) in [5, 5.41) is 4.01. The Morgan fingerprint density at radius 2 is 2.34 bits per heavy atom. The Morgan fingerprint density at radius 1 is 1.48 bits per heavy atom. The maximum Gasteiger partial charge on any atom is 0.230 e. The molecule has 0 aromatic carbocycles. The topological polar surface area (TPSA) is 88.5 Å². The van der Waals surface area contributed by atoms with Gasteiger partial charge in [0.15, 0.2) is 0 Å². The van der Waals surface area contributed by atoms with Crippen LogP contribution in [0.25, 0.3) is 0 Å². The molecule has 0 aliphatic carbocycles. The molecule has 29 heavy (non-hydrogen) atoms. The molecular formula is C20H21N5O3S. The molecule has 2 bridgehead atoms. The van der Waals surface area contributed by atoms with Crippen molar-refractivity contribution in [1.29, 1.82) is 0 Å². The fourth-order valence-corrected chi connectivity index (χ4v) is 5.34. The third kappa shape index (κ3) is 2.87. The molecule has 0 N–H and O–H groups in total. The summed E-state index contributed by atoms with van der Waals surface area (Å²) in [5.74, 6) is -1.08. The van der Waals surface area contributed by atoms with Crippen LogP contribution >= 0.6 is 11.5 Å². The van der Waals surface area contributed by atoms with Crippen molar-refractivity contribution < 1.29 is 14.3 Å². The van der Waals surface area contributed by atoms with Crippen LogP contribution in [0.5, 0.6) is 0 Å². The fraction of sp³-hybridized carbons (Fsp3) is 0.450. The van der Waals surface area contributed by atoms with E-state index in [9.17, 15) is 9.59 Å². The van der Waals surface area contributed by atoms with E-state index < -0.39 is 17.4 Å². The van der Waals surface area contributed by atoms with Crippen molar-refractivity contribution in [1.82, 2.24) is 24.4 Å². The number of rotatable bonds is 5. The molecule has 0 saturated carbocycles. The Bertz CT molecular complexity index is 993. The first kappa shape index (κ1) is 18.4. The molecular weight excluding hydrogens is 390 g/mol. The van der Waals surface area contributed by atoms with Gasteiger partial charge in [-0.25, -0.2) is 0 Å². The van der Waals surface area contributed by atoms with E-state index in [4.69, 9.17) is 4.74 Å². The van der Waals surface area contributed by atoms with Crippen molar-refractivity contribution in [2.24, 2.45) is 11.8 Å². The number of pyridine rings is 1. The highest BCUT2D eigenvalue weighted by molar-refractivity contribution is 7.05. The van der Waals surface area contributed by atoms with Crippen LogP contribution in [0.1, 0.15) is 16.1 Å². The number of aryl methyl sites for hydroxylation is 1. The molecule has 0 radical (unpaired) electrons. The molecule has 150 valence electrons. The molecule has 2 amide bonds. The average Bonchev–Trinajstić information content (AvgIpc) is 3.45. The molecule has 2 aromatic heterocycles. The number of likely N-dealkylation sites (tertiary alicyclic amines) is 1. The van der Waals surface area contributed by atoms with E-state index in [1.165, 1.54) is 11.5 Å². The lowest BCUT2D eigenvalue weighted by Gasteiger charge is -2.27. The number of nitrogens with zero attached hydrogens (tertiary/aromatic N) is 5. The molecule has 5 heterocycles. The Kier molecular flexibility index (Phi) is 4.25. The van der Waals surface area contributed by atoms with E-state index in [1.54, 1.807) is 29.2 Å². The van der Waals surface area contributed by atoms with Crippen LogP contribution in [-0.2, 0) is 27.4 Å². The predicted octanol–water partition coefficient (Wildman–Crippen LogP) is 1.18. The normalized spacial score (nSPS) is 29.5. The summed E-state index contributed by atoms with van der Waals surface area (Å²) in [6, 6.07) is 3.80. The number of carbonyl (C=O) groups is 2. The largest absolute Gasteiger partial charge is 0.360 e. The molecule has 8 nitrogen and oxygen atoms in total. The highest BCUT2D eigenvalue weighted by Gasteiger charge is 2.67. The van der Waals surface area contributed by atoms with Crippen molar-refractivity contribution in [2.75, 3.05) is 13.6 Å². The van der Waals surface area contributed by atoms with Crippen LogP contribution < -0.4 is 0 Å². The molecule has 3 aliphatic rings. The standard InChI is InChI=1S/C20H21N5O3S/c1-12-15(29-23-22-12)10-24(2)18(26)16-14-5-6-20(28-14)11-25(19(27)17(16)20)9-13-4-3-7-21-8-13/h3-8,14,16-17H,9-11H2,1-2H3/t14-,16+,17+,20-/m0/s1.